The number of rotatable bonds is 11. The minimum Gasteiger partial charge on any atom is -0.493 e. The van der Waals surface area contributed by atoms with E-state index >= 15 is 0 Å². The van der Waals surface area contributed by atoms with Gasteiger partial charge in [0.15, 0.2) is 29.6 Å². The molecule has 1 aliphatic carbocycles. The number of methoxy groups -OCH3 is 3. The highest BCUT2D eigenvalue weighted by molar-refractivity contribution is 5.92. The van der Waals surface area contributed by atoms with E-state index in [9.17, 15) is 14.4 Å². The molecule has 1 N–H and O–H groups in total. The number of cyclic esters (lactones) is 1. The summed E-state index contributed by atoms with van der Waals surface area (Å²) < 4.78 is 45.9. The van der Waals surface area contributed by atoms with Crippen LogP contribution in [-0.4, -0.2) is 59.2 Å². The van der Waals surface area contributed by atoms with Gasteiger partial charge in [-0.3, -0.25) is 14.4 Å². The maximum absolute atomic E-state index is 13.6. The number of anilines is 1. The summed E-state index contributed by atoms with van der Waals surface area (Å²) in [5.41, 5.74) is 5.39. The SMILES string of the molecule is COc1cc([C@@H]2c3cc4c(cc3[C@H](OC(=O)Cc3ccc(NC(=O)COc5cc(C)ccc5C)cc3)[C@H]3COC(=O)[C@H]23)OCO4)cc(OC)c1OC. The van der Waals surface area contributed by atoms with Crippen LogP contribution in [-0.2, 0) is 30.3 Å². The average molecular weight is 710 g/mol. The monoisotopic (exact) mass is 709 g/mol. The number of fused-ring (bicyclic) bond motifs is 3. The van der Waals surface area contributed by atoms with Crippen molar-refractivity contribution < 1.29 is 52.3 Å². The highest BCUT2D eigenvalue weighted by Gasteiger charge is 2.54. The first kappa shape index (κ1) is 34.5. The van der Waals surface area contributed by atoms with Crippen LogP contribution in [0.5, 0.6) is 34.5 Å². The minimum absolute atomic E-state index is 0.0388. The standard InChI is InChI=1S/C40H39NO11/c1-21-6-7-22(2)29(12-21)48-19-34(42)41-25-10-8-23(9-11-25)13-35(43)52-38-27-17-31-30(50-20-51-31)16-26(27)36(37-28(38)18-49-40(37)44)24-14-32(45-3)39(47-5)33(15-24)46-4/h6-12,14-17,28,36-38H,13,18-20H2,1-5H3,(H,41,42)/t28-,36+,37-,38-/m0/s1. The maximum atomic E-state index is 13.6. The zero-order valence-electron chi connectivity index (χ0n) is 29.5. The Bertz CT molecular complexity index is 2000. The van der Waals surface area contributed by atoms with Crippen LogP contribution in [0.3, 0.4) is 0 Å². The van der Waals surface area contributed by atoms with Crippen LogP contribution in [0.15, 0.2) is 66.7 Å². The van der Waals surface area contributed by atoms with Gasteiger partial charge in [-0.15, -0.1) is 0 Å². The fourth-order valence-electron chi connectivity index (χ4n) is 7.20. The molecule has 2 aliphatic heterocycles. The summed E-state index contributed by atoms with van der Waals surface area (Å²) in [5, 5.41) is 2.82. The summed E-state index contributed by atoms with van der Waals surface area (Å²) >= 11 is 0. The van der Waals surface area contributed by atoms with Crippen LogP contribution < -0.4 is 33.7 Å². The average Bonchev–Trinajstić information content (AvgIpc) is 3.77. The molecule has 4 aromatic rings. The number of amides is 1. The normalized spacial score (nSPS) is 19.5. The Balaban J connectivity index is 1.11. The van der Waals surface area contributed by atoms with Crippen LogP contribution in [0.4, 0.5) is 5.69 Å². The Kier molecular flexibility index (Phi) is 9.55. The van der Waals surface area contributed by atoms with Crippen LogP contribution in [0.25, 0.3) is 0 Å². The number of hydrogen-bond acceptors (Lipinski definition) is 11. The lowest BCUT2D eigenvalue weighted by Crippen LogP contribution is -2.36. The Morgan fingerprint density at radius 2 is 1.50 bits per heavy atom. The lowest BCUT2D eigenvalue weighted by atomic mass is 9.66. The molecule has 2 heterocycles. The van der Waals surface area contributed by atoms with E-state index in [2.05, 4.69) is 5.32 Å². The molecule has 12 nitrogen and oxygen atoms in total. The molecule has 0 radical (unpaired) electrons. The zero-order chi connectivity index (χ0) is 36.5. The van der Waals surface area contributed by atoms with E-state index in [4.69, 9.17) is 37.9 Å². The molecule has 0 bridgehead atoms. The van der Waals surface area contributed by atoms with E-state index in [0.717, 1.165) is 22.3 Å². The van der Waals surface area contributed by atoms with Crippen molar-refractivity contribution in [2.75, 3.05) is 46.7 Å². The van der Waals surface area contributed by atoms with Crippen molar-refractivity contribution in [1.82, 2.24) is 0 Å². The zero-order valence-corrected chi connectivity index (χ0v) is 29.5. The fraction of sp³-hybridized carbons (Fsp3) is 0.325. The van der Waals surface area contributed by atoms with E-state index in [0.29, 0.717) is 51.3 Å². The first-order chi connectivity index (χ1) is 25.2. The van der Waals surface area contributed by atoms with Gasteiger partial charge in [-0.2, -0.15) is 0 Å². The second-order valence-electron chi connectivity index (χ2n) is 13.0. The topological polar surface area (TPSA) is 137 Å². The van der Waals surface area contributed by atoms with Crippen molar-refractivity contribution in [3.05, 3.63) is 100 Å². The van der Waals surface area contributed by atoms with Crippen LogP contribution >= 0.6 is 0 Å². The number of aryl methyl sites for hydroxylation is 2. The highest BCUT2D eigenvalue weighted by atomic mass is 16.7. The predicted molar refractivity (Wildman–Crippen MR) is 187 cm³/mol. The quantitative estimate of drug-likeness (QED) is 0.188. The van der Waals surface area contributed by atoms with Gasteiger partial charge < -0.3 is 43.2 Å². The molecule has 4 aromatic carbocycles. The summed E-state index contributed by atoms with van der Waals surface area (Å²) in [6, 6.07) is 20.1. The lowest BCUT2D eigenvalue weighted by molar-refractivity contribution is -0.153. The van der Waals surface area contributed by atoms with Gasteiger partial charge in [0.2, 0.25) is 12.5 Å². The van der Waals surface area contributed by atoms with Gasteiger partial charge in [0.25, 0.3) is 5.91 Å². The number of esters is 2. The second-order valence-corrected chi connectivity index (χ2v) is 13.0. The molecule has 7 rings (SSSR count). The maximum Gasteiger partial charge on any atom is 0.310 e. The Labute approximate surface area is 300 Å². The third-order valence-electron chi connectivity index (χ3n) is 9.71. The van der Waals surface area contributed by atoms with E-state index in [1.165, 1.54) is 21.3 Å². The van der Waals surface area contributed by atoms with Crippen molar-refractivity contribution in [3.8, 4) is 34.5 Å². The van der Waals surface area contributed by atoms with Crippen LogP contribution in [0.1, 0.15) is 45.4 Å². The number of nitrogens with one attached hydrogen (secondary N) is 1. The molecular weight excluding hydrogens is 670 g/mol. The molecule has 0 unspecified atom stereocenters. The molecule has 52 heavy (non-hydrogen) atoms. The van der Waals surface area contributed by atoms with E-state index in [-0.39, 0.29) is 32.3 Å². The van der Waals surface area contributed by atoms with E-state index < -0.39 is 35.8 Å². The van der Waals surface area contributed by atoms with Gasteiger partial charge in [0.1, 0.15) is 11.9 Å². The van der Waals surface area contributed by atoms with Gasteiger partial charge in [-0.1, -0.05) is 24.3 Å². The number of ether oxygens (including phenoxy) is 8. The third-order valence-corrected chi connectivity index (χ3v) is 9.71. The first-order valence-electron chi connectivity index (χ1n) is 16.9. The minimum atomic E-state index is -0.803. The Hall–Kier alpha value is -5.91. The number of benzene rings is 4. The second kappa shape index (κ2) is 14.4. The number of hydrogen-bond donors (Lipinski definition) is 1. The lowest BCUT2D eigenvalue weighted by Gasteiger charge is -2.38. The van der Waals surface area contributed by atoms with Crippen LogP contribution in [0, 0.1) is 25.7 Å². The van der Waals surface area contributed by atoms with Crippen LogP contribution in [0.2, 0.25) is 0 Å². The molecule has 0 spiro atoms. The first-order valence-corrected chi connectivity index (χ1v) is 16.9. The summed E-state index contributed by atoms with van der Waals surface area (Å²) in [4.78, 5) is 39.7. The van der Waals surface area contributed by atoms with E-state index in [1.807, 2.05) is 56.3 Å². The largest absolute Gasteiger partial charge is 0.493 e. The van der Waals surface area contributed by atoms with Gasteiger partial charge in [0.05, 0.1) is 40.3 Å². The fourth-order valence-corrected chi connectivity index (χ4v) is 7.20. The van der Waals surface area contributed by atoms with Crippen molar-refractivity contribution in [1.29, 1.82) is 0 Å². The molecule has 0 aromatic heterocycles. The number of carbonyl (C=O) groups is 3. The van der Waals surface area contributed by atoms with Gasteiger partial charge in [-0.25, -0.2) is 0 Å². The van der Waals surface area contributed by atoms with Crippen molar-refractivity contribution in [3.63, 3.8) is 0 Å². The van der Waals surface area contributed by atoms with Gasteiger partial charge in [0, 0.05) is 23.1 Å². The summed E-state index contributed by atoms with van der Waals surface area (Å²) in [6.45, 7) is 3.85. The Morgan fingerprint density at radius 1 is 0.808 bits per heavy atom. The molecular formula is C40H39NO11. The highest BCUT2D eigenvalue weighted by Crippen LogP contribution is 2.56. The molecule has 3 aliphatic rings. The van der Waals surface area contributed by atoms with Gasteiger partial charge >= 0.3 is 11.9 Å². The van der Waals surface area contributed by atoms with E-state index in [1.54, 1.807) is 24.3 Å². The molecule has 1 amide bonds. The molecule has 12 heteroatoms. The summed E-state index contributed by atoms with van der Waals surface area (Å²) in [5.74, 6) is 0.114. The van der Waals surface area contributed by atoms with Crippen molar-refractivity contribution in [2.45, 2.75) is 32.3 Å². The third kappa shape index (κ3) is 6.63. The predicted octanol–water partition coefficient (Wildman–Crippen LogP) is 5.84. The van der Waals surface area contributed by atoms with Crippen molar-refractivity contribution in [2.24, 2.45) is 11.8 Å². The summed E-state index contributed by atoms with van der Waals surface area (Å²) in [6.07, 6.45) is -0.842. The smallest absolute Gasteiger partial charge is 0.310 e. The molecule has 0 saturated carbocycles. The Morgan fingerprint density at radius 3 is 2.17 bits per heavy atom. The van der Waals surface area contributed by atoms with Gasteiger partial charge in [-0.05, 0) is 84.1 Å². The molecule has 4 atom stereocenters. The van der Waals surface area contributed by atoms with Crippen molar-refractivity contribution >= 4 is 23.5 Å². The molecule has 1 saturated heterocycles. The molecule has 270 valence electrons. The number of carbonyl (C=O) groups excluding carboxylic acids is 3. The molecule has 1 fully saturated rings. The summed E-state index contributed by atoms with van der Waals surface area (Å²) in [7, 11) is 4.59.